The highest BCUT2D eigenvalue weighted by Gasteiger charge is 2.23. The third kappa shape index (κ3) is 22.4. The molecule has 0 aliphatic carbocycles. The number of ether oxygens (including phenoxy) is 2. The van der Waals surface area contributed by atoms with Gasteiger partial charge in [-0.15, -0.1) is 0 Å². The summed E-state index contributed by atoms with van der Waals surface area (Å²) in [5.74, 6) is -0.647. The Bertz CT molecular complexity index is 621. The van der Waals surface area contributed by atoms with E-state index in [4.69, 9.17) is 27.0 Å². The lowest BCUT2D eigenvalue weighted by atomic mass is 10.3. The van der Waals surface area contributed by atoms with Gasteiger partial charge in [-0.25, -0.2) is 9.59 Å². The maximum Gasteiger partial charge on any atom is 0.337 e. The minimum Gasteiger partial charge on any atom is -0.759 e. The average Bonchev–Trinajstić information content (AvgIpc) is 2.43. The van der Waals surface area contributed by atoms with Crippen molar-refractivity contribution >= 4 is 22.3 Å². The molecule has 0 saturated heterocycles. The molecule has 0 spiro atoms. The van der Waals surface area contributed by atoms with E-state index in [1.54, 1.807) is 13.8 Å². The lowest BCUT2D eigenvalue weighted by Crippen LogP contribution is -2.45. The largest absolute Gasteiger partial charge is 0.759 e. The highest BCUT2D eigenvalue weighted by Crippen LogP contribution is 2.07. The molecule has 0 aliphatic rings. The molecule has 11 heteroatoms. The summed E-state index contributed by atoms with van der Waals surface area (Å²) >= 11 is 0. The fourth-order valence-electron chi connectivity index (χ4n) is 0.827. The van der Waals surface area contributed by atoms with Crippen molar-refractivity contribution in [3.8, 4) is 0 Å². The molecule has 0 radical (unpaired) electrons. The first-order chi connectivity index (χ1) is 12.5. The van der Waals surface area contributed by atoms with Gasteiger partial charge in [-0.1, -0.05) is 13.2 Å². The Morgan fingerprint density at radius 2 is 0.931 bits per heavy atom. The van der Waals surface area contributed by atoms with E-state index in [0.717, 1.165) is 0 Å². The molecule has 10 nitrogen and oxygen atoms in total. The van der Waals surface area contributed by atoms with E-state index in [0.29, 0.717) is 20.1 Å². The number of carbonyl (C=O) groups is 2. The Balaban J connectivity index is -0.000000380. The Hall–Kier alpha value is -1.79. The van der Waals surface area contributed by atoms with E-state index in [9.17, 15) is 9.59 Å². The number of esters is 2. The number of rotatable bonds is 6. The fourth-order valence-corrected chi connectivity index (χ4v) is 0.827. The summed E-state index contributed by atoms with van der Waals surface area (Å²) in [5.41, 5.74) is 0.880. The van der Waals surface area contributed by atoms with Crippen molar-refractivity contribution in [1.82, 2.24) is 0 Å². The maximum atomic E-state index is 11.1. The molecule has 0 aromatic rings. The van der Waals surface area contributed by atoms with E-state index >= 15 is 0 Å². The molecule has 0 fully saturated rings. The van der Waals surface area contributed by atoms with Gasteiger partial charge >= 0.3 is 11.9 Å². The van der Waals surface area contributed by atoms with E-state index in [2.05, 4.69) is 13.2 Å². The normalized spacial score (nSPS) is 13.4. The van der Waals surface area contributed by atoms with E-state index in [1.807, 2.05) is 56.1 Å². The molecule has 0 aromatic carbocycles. The summed E-state index contributed by atoms with van der Waals surface area (Å²) in [5, 5.41) is 0. The molecule has 29 heavy (non-hydrogen) atoms. The Labute approximate surface area is 175 Å². The van der Waals surface area contributed by atoms with Gasteiger partial charge in [-0.3, -0.25) is 17.4 Å². The molecule has 0 aromatic heterocycles. The lowest BCUT2D eigenvalue weighted by molar-refractivity contribution is -0.914. The van der Waals surface area contributed by atoms with Gasteiger partial charge in [-0.2, -0.15) is 0 Å². The van der Waals surface area contributed by atoms with Gasteiger partial charge in [0, 0.05) is 35.4 Å². The zero-order valence-corrected chi connectivity index (χ0v) is 20.0. The molecule has 0 rings (SSSR count). The second kappa shape index (κ2) is 12.7. The van der Waals surface area contributed by atoms with Crippen molar-refractivity contribution in [2.75, 3.05) is 42.3 Å². The topological polar surface area (TPSA) is 133 Å². The number of quaternary nitrogens is 2. The molecule has 0 bridgehead atoms. The Morgan fingerprint density at radius 1 is 0.759 bits per heavy atom. The van der Waals surface area contributed by atoms with Gasteiger partial charge in [-0.05, 0) is 13.8 Å². The van der Waals surface area contributed by atoms with Crippen LogP contribution in [0.2, 0.25) is 0 Å². The minimum absolute atomic E-state index is 0.144. The van der Waals surface area contributed by atoms with Crippen LogP contribution in [-0.4, -0.2) is 93.2 Å². The minimum atomic E-state index is -5.17. The first-order valence-electron chi connectivity index (χ1n) is 8.52. The van der Waals surface area contributed by atoms with E-state index in [-0.39, 0.29) is 24.4 Å². The van der Waals surface area contributed by atoms with Gasteiger partial charge in [0.1, 0.15) is 0 Å². The number of nitrogens with zero attached hydrogens (tertiary/aromatic N) is 2. The molecule has 0 N–H and O–H groups in total. The summed E-state index contributed by atoms with van der Waals surface area (Å²) in [4.78, 5) is 22.1. The smallest absolute Gasteiger partial charge is 0.337 e. The van der Waals surface area contributed by atoms with E-state index < -0.39 is 10.4 Å². The highest BCUT2D eigenvalue weighted by molar-refractivity contribution is 7.79. The quantitative estimate of drug-likeness (QED) is 0.149. The standard InChI is InChI=1S/2C9H18NO2.H2O4S/c2*1-7(2)9(11)12-8(3)10(4,5)6;1-5(2,3)4/h2*8H,1H2,2-6H3;(H2,1,2,3,4)/q2*+1;/p-2. The first kappa shape index (κ1) is 31.9. The average molecular weight is 441 g/mol. The lowest BCUT2D eigenvalue weighted by Gasteiger charge is -2.30. The highest BCUT2D eigenvalue weighted by atomic mass is 32.3. The monoisotopic (exact) mass is 440 g/mol. The summed E-state index contributed by atoms with van der Waals surface area (Å²) in [6.45, 7) is 14.0. The molecule has 2 unspecified atom stereocenters. The maximum absolute atomic E-state index is 11.1. The predicted molar refractivity (Wildman–Crippen MR) is 107 cm³/mol. The zero-order valence-electron chi connectivity index (χ0n) is 19.1. The van der Waals surface area contributed by atoms with Crippen LogP contribution in [0.25, 0.3) is 0 Å². The molecule has 2 atom stereocenters. The molecule has 0 saturated carbocycles. The second-order valence-electron chi connectivity index (χ2n) is 8.21. The van der Waals surface area contributed by atoms with Crippen molar-refractivity contribution in [3.05, 3.63) is 24.3 Å². The number of carbonyl (C=O) groups excluding carboxylic acids is 2. The van der Waals surface area contributed by atoms with Gasteiger partial charge in [0.05, 0.1) is 42.3 Å². The number of hydrogen-bond donors (Lipinski definition) is 0. The molecule has 172 valence electrons. The second-order valence-corrected chi connectivity index (χ2v) is 9.03. The van der Waals surface area contributed by atoms with Crippen LogP contribution in [0.5, 0.6) is 0 Å². The fraction of sp³-hybridized carbons (Fsp3) is 0.667. The summed E-state index contributed by atoms with van der Waals surface area (Å²) in [6.07, 6.45) is -0.289. The predicted octanol–water partition coefficient (Wildman–Crippen LogP) is 0.978. The molecule has 0 aliphatic heterocycles. The van der Waals surface area contributed by atoms with Crippen molar-refractivity contribution in [2.24, 2.45) is 0 Å². The molecule has 0 amide bonds. The van der Waals surface area contributed by atoms with Gasteiger partial charge < -0.3 is 18.6 Å². The Kier molecular flexibility index (Phi) is 14.0. The molecular weight excluding hydrogens is 404 g/mol. The van der Waals surface area contributed by atoms with Gasteiger partial charge in [0.2, 0.25) is 12.5 Å². The Morgan fingerprint density at radius 3 is 1.03 bits per heavy atom. The van der Waals surface area contributed by atoms with Crippen LogP contribution in [0, 0.1) is 0 Å². The van der Waals surface area contributed by atoms with Crippen LogP contribution in [-0.2, 0) is 29.5 Å². The van der Waals surface area contributed by atoms with Crippen LogP contribution in [0.15, 0.2) is 24.3 Å². The third-order valence-electron chi connectivity index (χ3n) is 3.43. The van der Waals surface area contributed by atoms with Crippen LogP contribution in [0.3, 0.4) is 0 Å². The van der Waals surface area contributed by atoms with Crippen molar-refractivity contribution in [2.45, 2.75) is 40.2 Å². The van der Waals surface area contributed by atoms with Crippen molar-refractivity contribution in [1.29, 1.82) is 0 Å². The summed E-state index contributed by atoms with van der Waals surface area (Å²) in [6, 6.07) is 0. The van der Waals surface area contributed by atoms with Crippen LogP contribution < -0.4 is 0 Å². The van der Waals surface area contributed by atoms with Crippen molar-refractivity contribution < 1.29 is 45.6 Å². The summed E-state index contributed by atoms with van der Waals surface area (Å²) in [7, 11) is 6.65. The number of hydrogen-bond acceptors (Lipinski definition) is 8. The SMILES string of the molecule is C=C(C)C(=O)OC(C)[N+](C)(C)C.C=C(C)C(=O)OC(C)[N+](C)(C)C.O=S(=O)([O-])[O-]. The summed E-state index contributed by atoms with van der Waals surface area (Å²) < 4.78 is 45.5. The van der Waals surface area contributed by atoms with Crippen molar-refractivity contribution in [3.63, 3.8) is 0 Å². The zero-order chi connectivity index (χ0) is 24.4. The molecule has 0 heterocycles. The third-order valence-corrected chi connectivity index (χ3v) is 3.43. The van der Waals surface area contributed by atoms with Crippen LogP contribution in [0.4, 0.5) is 0 Å². The van der Waals surface area contributed by atoms with E-state index in [1.165, 1.54) is 0 Å². The van der Waals surface area contributed by atoms with Crippen LogP contribution in [0.1, 0.15) is 27.7 Å². The first-order valence-corrected chi connectivity index (χ1v) is 9.85. The molecular formula is C18H36N2O8S. The van der Waals surface area contributed by atoms with Gasteiger partial charge in [0.15, 0.2) is 0 Å². The van der Waals surface area contributed by atoms with Crippen LogP contribution >= 0.6 is 0 Å². The van der Waals surface area contributed by atoms with Gasteiger partial charge in [0.25, 0.3) is 0 Å².